The van der Waals surface area contributed by atoms with Gasteiger partial charge in [-0.05, 0) is 13.0 Å². The number of hydrogen-bond donors (Lipinski definition) is 1. The Bertz CT molecular complexity index is 562. The molecule has 0 radical (unpaired) electrons. The first kappa shape index (κ1) is 15.5. The highest BCUT2D eigenvalue weighted by molar-refractivity contribution is 7.90. The van der Waals surface area contributed by atoms with E-state index in [0.29, 0.717) is 11.3 Å². The van der Waals surface area contributed by atoms with Crippen LogP contribution >= 0.6 is 0 Å². The topological polar surface area (TPSA) is 80.7 Å². The van der Waals surface area contributed by atoms with E-state index in [1.54, 1.807) is 12.1 Å². The molecular formula is C13H18O5S. The van der Waals surface area contributed by atoms with Gasteiger partial charge in [-0.25, -0.2) is 8.42 Å². The van der Waals surface area contributed by atoms with E-state index in [1.165, 1.54) is 14.0 Å². The zero-order valence-corrected chi connectivity index (χ0v) is 12.0. The van der Waals surface area contributed by atoms with Crippen LogP contribution in [0.2, 0.25) is 0 Å². The molecule has 1 aromatic rings. The van der Waals surface area contributed by atoms with Crippen LogP contribution < -0.4 is 4.74 Å². The standard InChI is InChI=1S/C13H18O5S/c1-9-4-5-12(18-3)11(6-9)8-19(16,17)7-10(2)13(14)15/h4-6,10H,7-8H2,1-3H3,(H,14,15). The number of carboxylic acids is 1. The second-order valence-corrected chi connectivity index (χ2v) is 6.72. The highest BCUT2D eigenvalue weighted by Crippen LogP contribution is 2.22. The van der Waals surface area contributed by atoms with Gasteiger partial charge in [-0.2, -0.15) is 0 Å². The van der Waals surface area contributed by atoms with Crippen molar-refractivity contribution in [1.29, 1.82) is 0 Å². The summed E-state index contributed by atoms with van der Waals surface area (Å²) in [5, 5.41) is 8.77. The molecule has 0 fully saturated rings. The van der Waals surface area contributed by atoms with Crippen molar-refractivity contribution in [3.05, 3.63) is 29.3 Å². The number of methoxy groups -OCH3 is 1. The van der Waals surface area contributed by atoms with E-state index in [4.69, 9.17) is 9.84 Å². The van der Waals surface area contributed by atoms with Gasteiger partial charge in [0.2, 0.25) is 0 Å². The molecule has 1 N–H and O–H groups in total. The number of sulfone groups is 1. The van der Waals surface area contributed by atoms with Gasteiger partial charge < -0.3 is 9.84 Å². The van der Waals surface area contributed by atoms with Gasteiger partial charge >= 0.3 is 5.97 Å². The predicted octanol–water partition coefficient (Wildman–Crippen LogP) is 1.64. The van der Waals surface area contributed by atoms with Crippen LogP contribution in [0.4, 0.5) is 0 Å². The molecule has 0 aliphatic heterocycles. The fourth-order valence-electron chi connectivity index (χ4n) is 1.77. The Morgan fingerprint density at radius 2 is 2.05 bits per heavy atom. The lowest BCUT2D eigenvalue weighted by atomic mass is 10.1. The Hall–Kier alpha value is -1.56. The van der Waals surface area contributed by atoms with Gasteiger partial charge in [-0.1, -0.05) is 24.6 Å². The summed E-state index contributed by atoms with van der Waals surface area (Å²) in [7, 11) is -2.02. The van der Waals surface area contributed by atoms with E-state index in [2.05, 4.69) is 0 Å². The van der Waals surface area contributed by atoms with Gasteiger partial charge in [0.25, 0.3) is 0 Å². The summed E-state index contributed by atoms with van der Waals surface area (Å²) in [5.74, 6) is -2.12. The number of rotatable bonds is 6. The van der Waals surface area contributed by atoms with E-state index in [-0.39, 0.29) is 11.5 Å². The van der Waals surface area contributed by atoms with E-state index in [9.17, 15) is 13.2 Å². The molecule has 0 aromatic heterocycles. The third kappa shape index (κ3) is 4.55. The van der Waals surface area contributed by atoms with Gasteiger partial charge in [-0.3, -0.25) is 4.79 Å². The Morgan fingerprint density at radius 3 is 2.58 bits per heavy atom. The molecule has 106 valence electrons. The maximum Gasteiger partial charge on any atom is 0.307 e. The summed E-state index contributed by atoms with van der Waals surface area (Å²) in [5.41, 5.74) is 1.48. The summed E-state index contributed by atoms with van der Waals surface area (Å²) >= 11 is 0. The number of carbonyl (C=O) groups is 1. The van der Waals surface area contributed by atoms with Crippen LogP contribution in [-0.2, 0) is 20.4 Å². The molecule has 0 amide bonds. The molecule has 0 bridgehead atoms. The lowest BCUT2D eigenvalue weighted by molar-refractivity contribution is -0.140. The van der Waals surface area contributed by atoms with Gasteiger partial charge in [0, 0.05) is 5.56 Å². The van der Waals surface area contributed by atoms with E-state index in [0.717, 1.165) is 5.56 Å². The average molecular weight is 286 g/mol. The van der Waals surface area contributed by atoms with Gasteiger partial charge in [0.05, 0.1) is 24.5 Å². The fourth-order valence-corrected chi connectivity index (χ4v) is 3.49. The molecule has 1 rings (SSSR count). The van der Waals surface area contributed by atoms with Crippen molar-refractivity contribution >= 4 is 15.8 Å². The van der Waals surface area contributed by atoms with Gasteiger partial charge in [-0.15, -0.1) is 0 Å². The molecular weight excluding hydrogens is 268 g/mol. The third-order valence-electron chi connectivity index (χ3n) is 2.74. The minimum atomic E-state index is -3.49. The smallest absolute Gasteiger partial charge is 0.307 e. The first-order valence-corrected chi connectivity index (χ1v) is 7.64. The SMILES string of the molecule is COc1ccc(C)cc1CS(=O)(=O)CC(C)C(=O)O. The van der Waals surface area contributed by atoms with Crippen molar-refractivity contribution in [2.75, 3.05) is 12.9 Å². The average Bonchev–Trinajstić information content (AvgIpc) is 2.27. The predicted molar refractivity (Wildman–Crippen MR) is 72.0 cm³/mol. The summed E-state index contributed by atoms with van der Waals surface area (Å²) in [4.78, 5) is 10.7. The number of benzene rings is 1. The van der Waals surface area contributed by atoms with Crippen LogP contribution in [-0.4, -0.2) is 32.4 Å². The molecule has 0 aliphatic carbocycles. The zero-order valence-electron chi connectivity index (χ0n) is 11.2. The molecule has 0 saturated heterocycles. The Morgan fingerprint density at radius 1 is 1.42 bits per heavy atom. The van der Waals surface area contributed by atoms with Crippen molar-refractivity contribution in [1.82, 2.24) is 0 Å². The molecule has 6 heteroatoms. The molecule has 1 atom stereocenters. The summed E-state index contributed by atoms with van der Waals surface area (Å²) in [6.07, 6.45) is 0. The zero-order chi connectivity index (χ0) is 14.6. The van der Waals surface area contributed by atoms with Crippen LogP contribution in [0.15, 0.2) is 18.2 Å². The third-order valence-corrected chi connectivity index (χ3v) is 4.50. The van der Waals surface area contributed by atoms with Crippen molar-refractivity contribution in [3.63, 3.8) is 0 Å². The Labute approximate surface area is 113 Å². The van der Waals surface area contributed by atoms with Gasteiger partial charge in [0.1, 0.15) is 5.75 Å². The lowest BCUT2D eigenvalue weighted by Crippen LogP contribution is -2.22. The minimum absolute atomic E-state index is 0.213. The van der Waals surface area contributed by atoms with E-state index < -0.39 is 21.7 Å². The van der Waals surface area contributed by atoms with Crippen molar-refractivity contribution in [2.45, 2.75) is 19.6 Å². The number of ether oxygens (including phenoxy) is 1. The molecule has 1 aromatic carbocycles. The van der Waals surface area contributed by atoms with Crippen molar-refractivity contribution < 1.29 is 23.1 Å². The highest BCUT2D eigenvalue weighted by atomic mass is 32.2. The first-order chi connectivity index (χ1) is 8.75. The molecule has 0 spiro atoms. The minimum Gasteiger partial charge on any atom is -0.496 e. The molecule has 0 aliphatic rings. The van der Waals surface area contributed by atoms with E-state index >= 15 is 0 Å². The van der Waals surface area contributed by atoms with Crippen LogP contribution in [0, 0.1) is 12.8 Å². The molecule has 1 unspecified atom stereocenters. The fraction of sp³-hybridized carbons (Fsp3) is 0.462. The summed E-state index contributed by atoms with van der Waals surface area (Å²) in [6.45, 7) is 3.24. The number of hydrogen-bond acceptors (Lipinski definition) is 4. The van der Waals surface area contributed by atoms with Crippen LogP contribution in [0.25, 0.3) is 0 Å². The largest absolute Gasteiger partial charge is 0.496 e. The highest BCUT2D eigenvalue weighted by Gasteiger charge is 2.22. The van der Waals surface area contributed by atoms with Crippen LogP contribution in [0.1, 0.15) is 18.1 Å². The van der Waals surface area contributed by atoms with Crippen molar-refractivity contribution in [2.24, 2.45) is 5.92 Å². The normalized spacial score (nSPS) is 13.0. The Kier molecular flexibility index (Phi) is 4.94. The monoisotopic (exact) mass is 286 g/mol. The molecule has 0 saturated carbocycles. The summed E-state index contributed by atoms with van der Waals surface area (Å²) in [6, 6.07) is 5.28. The van der Waals surface area contributed by atoms with Crippen LogP contribution in [0.3, 0.4) is 0 Å². The maximum absolute atomic E-state index is 12.0. The number of aliphatic carboxylic acids is 1. The van der Waals surface area contributed by atoms with Crippen molar-refractivity contribution in [3.8, 4) is 5.75 Å². The molecule has 5 nitrogen and oxygen atoms in total. The second-order valence-electron chi connectivity index (χ2n) is 4.61. The molecule has 0 heterocycles. The maximum atomic E-state index is 12.0. The second kappa shape index (κ2) is 6.06. The number of aryl methyl sites for hydroxylation is 1. The molecule has 19 heavy (non-hydrogen) atoms. The summed E-state index contributed by atoms with van der Waals surface area (Å²) < 4.78 is 29.1. The van der Waals surface area contributed by atoms with Crippen LogP contribution in [0.5, 0.6) is 5.75 Å². The lowest BCUT2D eigenvalue weighted by Gasteiger charge is -2.11. The number of carboxylic acid groups (broad SMARTS) is 1. The Balaban J connectivity index is 2.95. The van der Waals surface area contributed by atoms with Gasteiger partial charge in [0.15, 0.2) is 9.84 Å². The first-order valence-electron chi connectivity index (χ1n) is 5.82. The quantitative estimate of drug-likeness (QED) is 0.859. The van der Waals surface area contributed by atoms with E-state index in [1.807, 2.05) is 13.0 Å².